The average Bonchev–Trinajstić information content (AvgIpc) is 3.10. The fourth-order valence-electron chi connectivity index (χ4n) is 3.58. The lowest BCUT2D eigenvalue weighted by atomic mass is 9.97. The van der Waals surface area contributed by atoms with Crippen LogP contribution in [0.25, 0.3) is 10.4 Å². The molecule has 4 rings (SSSR count). The summed E-state index contributed by atoms with van der Waals surface area (Å²) in [5, 5.41) is 1.13. The molecule has 0 fully saturated rings. The van der Waals surface area contributed by atoms with Crippen molar-refractivity contribution in [3.63, 3.8) is 0 Å². The van der Waals surface area contributed by atoms with Crippen molar-refractivity contribution in [3.8, 4) is 10.4 Å². The van der Waals surface area contributed by atoms with Crippen LogP contribution in [0.5, 0.6) is 0 Å². The maximum Gasteiger partial charge on any atom is 0.196 e. The molecular weight excluding hydrogens is 424 g/mol. The van der Waals surface area contributed by atoms with Gasteiger partial charge in [0.1, 0.15) is 0 Å². The molecular formula is C26H23ClN2OS. The van der Waals surface area contributed by atoms with Crippen molar-refractivity contribution in [2.75, 3.05) is 17.7 Å². The van der Waals surface area contributed by atoms with E-state index in [1.807, 2.05) is 25.2 Å². The van der Waals surface area contributed by atoms with Gasteiger partial charge in [-0.25, -0.2) is 0 Å². The monoisotopic (exact) mass is 446 g/mol. The van der Waals surface area contributed by atoms with Crippen LogP contribution in [0.15, 0.2) is 78.9 Å². The van der Waals surface area contributed by atoms with Gasteiger partial charge in [-0.3, -0.25) is 4.79 Å². The number of nitrogens with two attached hydrogens (primary N) is 1. The van der Waals surface area contributed by atoms with Crippen LogP contribution in [0, 0.1) is 6.92 Å². The van der Waals surface area contributed by atoms with E-state index in [0.717, 1.165) is 21.7 Å². The first kappa shape index (κ1) is 21.2. The van der Waals surface area contributed by atoms with Crippen molar-refractivity contribution < 1.29 is 4.79 Å². The number of carbonyl (C=O) groups excluding carboxylic acids is 1. The highest BCUT2D eigenvalue weighted by Gasteiger charge is 2.25. The lowest BCUT2D eigenvalue weighted by Crippen LogP contribution is -2.19. The number of hydrogen-bond acceptors (Lipinski definition) is 4. The number of aryl methyl sites for hydroxylation is 1. The van der Waals surface area contributed by atoms with E-state index in [9.17, 15) is 4.79 Å². The molecule has 0 saturated heterocycles. The Balaban J connectivity index is 1.80. The molecule has 1 aromatic heterocycles. The van der Waals surface area contributed by atoms with Crippen LogP contribution in [0.1, 0.15) is 27.0 Å². The highest BCUT2D eigenvalue weighted by molar-refractivity contribution is 7.20. The number of hydrogen-bond donors (Lipinski definition) is 1. The third-order valence-corrected chi connectivity index (χ3v) is 6.64. The van der Waals surface area contributed by atoms with E-state index in [4.69, 9.17) is 17.3 Å². The van der Waals surface area contributed by atoms with Crippen molar-refractivity contribution in [3.05, 3.63) is 106 Å². The molecule has 5 heteroatoms. The largest absolute Gasteiger partial charge is 0.390 e. The Kier molecular flexibility index (Phi) is 6.12. The lowest BCUT2D eigenvalue weighted by Gasteiger charge is -2.21. The Bertz CT molecular complexity index is 1200. The summed E-state index contributed by atoms with van der Waals surface area (Å²) in [6, 6.07) is 25.4. The highest BCUT2D eigenvalue weighted by Crippen LogP contribution is 2.41. The molecule has 0 unspecified atom stereocenters. The van der Waals surface area contributed by atoms with E-state index in [2.05, 4.69) is 48.2 Å². The molecule has 0 aliphatic heterocycles. The molecule has 0 aliphatic rings. The summed E-state index contributed by atoms with van der Waals surface area (Å²) in [7, 11) is 2.03. The van der Waals surface area contributed by atoms with Gasteiger partial charge in [0.15, 0.2) is 5.78 Å². The predicted molar refractivity (Wildman–Crippen MR) is 132 cm³/mol. The molecule has 0 radical (unpaired) electrons. The fourth-order valence-corrected chi connectivity index (χ4v) is 4.79. The lowest BCUT2D eigenvalue weighted by molar-refractivity contribution is 0.103. The first-order chi connectivity index (χ1) is 14.9. The van der Waals surface area contributed by atoms with E-state index < -0.39 is 0 Å². The van der Waals surface area contributed by atoms with Gasteiger partial charge in [0.2, 0.25) is 0 Å². The molecule has 0 spiro atoms. The number of ketones is 1. The fraction of sp³-hybridized carbons (Fsp3) is 0.115. The van der Waals surface area contributed by atoms with E-state index in [0.29, 0.717) is 27.7 Å². The van der Waals surface area contributed by atoms with Gasteiger partial charge in [-0.2, -0.15) is 0 Å². The highest BCUT2D eigenvalue weighted by atomic mass is 35.5. The maximum atomic E-state index is 13.5. The minimum Gasteiger partial charge on any atom is -0.390 e. The summed E-state index contributed by atoms with van der Waals surface area (Å²) in [6.07, 6.45) is 0. The maximum absolute atomic E-state index is 13.5. The molecule has 3 nitrogen and oxygen atoms in total. The van der Waals surface area contributed by atoms with Crippen LogP contribution >= 0.6 is 22.9 Å². The second-order valence-electron chi connectivity index (χ2n) is 7.54. The Hall–Kier alpha value is -3.08. The average molecular weight is 447 g/mol. The van der Waals surface area contributed by atoms with Crippen molar-refractivity contribution in [2.24, 2.45) is 0 Å². The number of halogens is 1. The molecule has 0 amide bonds. The molecule has 0 atom stereocenters. The Morgan fingerprint density at radius 3 is 2.26 bits per heavy atom. The summed E-state index contributed by atoms with van der Waals surface area (Å²) in [4.78, 5) is 16.6. The second kappa shape index (κ2) is 8.96. The summed E-state index contributed by atoms with van der Waals surface area (Å²) in [5.41, 5.74) is 11.9. The zero-order chi connectivity index (χ0) is 22.0. The molecule has 0 bridgehead atoms. The SMILES string of the molecule is Cc1ccc(N(C)Cc2c(-c3ccccc3)sc(N)c2C(=O)c2ccc(Cl)cc2)cc1. The van der Waals surface area contributed by atoms with E-state index in [1.165, 1.54) is 16.9 Å². The van der Waals surface area contributed by atoms with Gasteiger partial charge in [0.05, 0.1) is 10.6 Å². The van der Waals surface area contributed by atoms with Crippen molar-refractivity contribution in [1.29, 1.82) is 0 Å². The molecule has 4 aromatic rings. The quantitative estimate of drug-likeness (QED) is 0.330. The zero-order valence-corrected chi connectivity index (χ0v) is 19.0. The third kappa shape index (κ3) is 4.50. The molecule has 1 heterocycles. The third-order valence-electron chi connectivity index (χ3n) is 5.27. The van der Waals surface area contributed by atoms with Crippen LogP contribution in [0.4, 0.5) is 10.7 Å². The normalized spacial score (nSPS) is 10.8. The van der Waals surface area contributed by atoms with Crippen LogP contribution < -0.4 is 10.6 Å². The number of rotatable bonds is 6. The molecule has 0 aliphatic carbocycles. The standard InChI is InChI=1S/C26H23ClN2OS/c1-17-8-14-21(15-9-17)29(2)16-22-23(24(30)18-10-12-20(27)13-11-18)26(28)31-25(22)19-6-4-3-5-7-19/h3-15H,16,28H2,1-2H3. The summed E-state index contributed by atoms with van der Waals surface area (Å²) in [6.45, 7) is 2.63. The summed E-state index contributed by atoms with van der Waals surface area (Å²) < 4.78 is 0. The summed E-state index contributed by atoms with van der Waals surface area (Å²) in [5.74, 6) is -0.0834. The molecule has 3 aromatic carbocycles. The van der Waals surface area contributed by atoms with E-state index in [1.54, 1.807) is 24.3 Å². The number of benzene rings is 3. The molecule has 0 saturated carbocycles. The molecule has 156 valence electrons. The molecule has 2 N–H and O–H groups in total. The minimum atomic E-state index is -0.0834. The van der Waals surface area contributed by atoms with Gasteiger partial charge in [-0.1, -0.05) is 59.6 Å². The Labute approximate surface area is 191 Å². The minimum absolute atomic E-state index is 0.0834. The topological polar surface area (TPSA) is 46.3 Å². The summed E-state index contributed by atoms with van der Waals surface area (Å²) >= 11 is 7.48. The number of carbonyl (C=O) groups is 1. The van der Waals surface area contributed by atoms with E-state index in [-0.39, 0.29) is 5.78 Å². The predicted octanol–water partition coefficient (Wildman–Crippen LogP) is 6.83. The van der Waals surface area contributed by atoms with Gasteiger partial charge < -0.3 is 10.6 Å². The van der Waals surface area contributed by atoms with Crippen LogP contribution in [0.3, 0.4) is 0 Å². The smallest absolute Gasteiger partial charge is 0.196 e. The Morgan fingerprint density at radius 1 is 0.968 bits per heavy atom. The number of thiophene rings is 1. The van der Waals surface area contributed by atoms with Crippen LogP contribution in [-0.4, -0.2) is 12.8 Å². The van der Waals surface area contributed by atoms with Gasteiger partial charge in [-0.15, -0.1) is 11.3 Å². The number of anilines is 2. The Morgan fingerprint density at radius 2 is 1.61 bits per heavy atom. The van der Waals surface area contributed by atoms with Crippen molar-refractivity contribution >= 4 is 39.4 Å². The first-order valence-corrected chi connectivity index (χ1v) is 11.2. The number of nitrogens with zero attached hydrogens (tertiary/aromatic N) is 1. The van der Waals surface area contributed by atoms with Gasteiger partial charge in [-0.05, 0) is 48.9 Å². The number of nitrogen functional groups attached to an aromatic ring is 1. The van der Waals surface area contributed by atoms with Gasteiger partial charge >= 0.3 is 0 Å². The van der Waals surface area contributed by atoms with E-state index >= 15 is 0 Å². The van der Waals surface area contributed by atoms with Crippen molar-refractivity contribution in [2.45, 2.75) is 13.5 Å². The zero-order valence-electron chi connectivity index (χ0n) is 17.4. The molecule has 31 heavy (non-hydrogen) atoms. The van der Waals surface area contributed by atoms with Gasteiger partial charge in [0.25, 0.3) is 0 Å². The van der Waals surface area contributed by atoms with Crippen LogP contribution in [-0.2, 0) is 6.54 Å². The van der Waals surface area contributed by atoms with Crippen LogP contribution in [0.2, 0.25) is 5.02 Å². The first-order valence-electron chi connectivity index (χ1n) is 9.98. The van der Waals surface area contributed by atoms with Gasteiger partial charge in [0, 0.05) is 40.3 Å². The van der Waals surface area contributed by atoms with Crippen molar-refractivity contribution in [1.82, 2.24) is 0 Å². The second-order valence-corrected chi connectivity index (χ2v) is 9.03.